The highest BCUT2D eigenvalue weighted by Gasteiger charge is 2.40. The topological polar surface area (TPSA) is 38.3 Å². The molecule has 0 saturated heterocycles. The van der Waals surface area contributed by atoms with Crippen LogP contribution in [-0.2, 0) is 4.79 Å². The van der Waals surface area contributed by atoms with E-state index in [2.05, 4.69) is 10.1 Å². The maximum absolute atomic E-state index is 12.3. The zero-order chi connectivity index (χ0) is 14.8. The molecule has 3 rings (SSSR count). The molecule has 0 spiro atoms. The van der Waals surface area contributed by atoms with E-state index in [9.17, 15) is 13.6 Å². The van der Waals surface area contributed by atoms with Gasteiger partial charge in [-0.3, -0.25) is 4.79 Å². The normalized spacial score (nSPS) is 27.1. The summed E-state index contributed by atoms with van der Waals surface area (Å²) < 4.78 is 29.1. The summed E-state index contributed by atoms with van der Waals surface area (Å²) in [5.41, 5.74) is 0.311. The summed E-state index contributed by atoms with van der Waals surface area (Å²) in [6.45, 7) is -2.89. The van der Waals surface area contributed by atoms with Crippen LogP contribution < -0.4 is 10.1 Å². The zero-order valence-electron chi connectivity index (χ0n) is 11.7. The molecule has 5 heteroatoms. The molecule has 2 aliphatic rings. The SMILES string of the molecule is O=C(C[C@H]1C[C@@H]2CC[C@@H]1C2)Nc1ccccc1OC(F)F. The van der Waals surface area contributed by atoms with Gasteiger partial charge in [0.25, 0.3) is 0 Å². The van der Waals surface area contributed by atoms with Gasteiger partial charge in [-0.15, -0.1) is 0 Å². The molecule has 2 saturated carbocycles. The second-order valence-electron chi connectivity index (χ2n) is 6.06. The lowest BCUT2D eigenvalue weighted by Gasteiger charge is -2.21. The Morgan fingerprint density at radius 2 is 2.10 bits per heavy atom. The summed E-state index contributed by atoms with van der Waals surface area (Å²) in [6.07, 6.45) is 5.39. The van der Waals surface area contributed by atoms with Crippen LogP contribution in [0.25, 0.3) is 0 Å². The quantitative estimate of drug-likeness (QED) is 0.890. The van der Waals surface area contributed by atoms with Crippen molar-refractivity contribution in [3.05, 3.63) is 24.3 Å². The molecule has 1 amide bonds. The fraction of sp³-hybridized carbons (Fsp3) is 0.562. The van der Waals surface area contributed by atoms with Gasteiger partial charge >= 0.3 is 6.61 Å². The molecule has 1 aromatic rings. The number of nitrogens with one attached hydrogen (secondary N) is 1. The van der Waals surface area contributed by atoms with Gasteiger partial charge < -0.3 is 10.1 Å². The lowest BCUT2D eigenvalue weighted by Crippen LogP contribution is -2.20. The number of alkyl halides is 2. The number of ether oxygens (including phenoxy) is 1. The minimum Gasteiger partial charge on any atom is -0.433 e. The predicted molar refractivity (Wildman–Crippen MR) is 75.3 cm³/mol. The molecule has 114 valence electrons. The first kappa shape index (κ1) is 14.3. The monoisotopic (exact) mass is 295 g/mol. The van der Waals surface area contributed by atoms with Gasteiger partial charge in [-0.05, 0) is 49.1 Å². The number of hydrogen-bond acceptors (Lipinski definition) is 2. The van der Waals surface area contributed by atoms with Crippen LogP contribution in [0.1, 0.15) is 32.1 Å². The summed E-state index contributed by atoms with van der Waals surface area (Å²) in [4.78, 5) is 12.1. The second-order valence-corrected chi connectivity index (χ2v) is 6.06. The molecule has 2 fully saturated rings. The molecule has 0 aromatic heterocycles. The van der Waals surface area contributed by atoms with Crippen LogP contribution in [-0.4, -0.2) is 12.5 Å². The minimum atomic E-state index is -2.89. The van der Waals surface area contributed by atoms with E-state index >= 15 is 0 Å². The Kier molecular flexibility index (Phi) is 4.08. The highest BCUT2D eigenvalue weighted by Crippen LogP contribution is 2.49. The van der Waals surface area contributed by atoms with Crippen molar-refractivity contribution in [2.24, 2.45) is 17.8 Å². The second kappa shape index (κ2) is 6.00. The van der Waals surface area contributed by atoms with E-state index in [0.717, 1.165) is 12.3 Å². The van der Waals surface area contributed by atoms with Crippen molar-refractivity contribution in [1.82, 2.24) is 0 Å². The van der Waals surface area contributed by atoms with E-state index in [1.54, 1.807) is 18.2 Å². The molecule has 3 atom stereocenters. The number of rotatable bonds is 5. The molecule has 21 heavy (non-hydrogen) atoms. The Labute approximate surface area is 122 Å². The summed E-state index contributed by atoms with van der Waals surface area (Å²) in [6, 6.07) is 6.30. The van der Waals surface area contributed by atoms with E-state index in [4.69, 9.17) is 0 Å². The maximum atomic E-state index is 12.3. The first-order valence-electron chi connectivity index (χ1n) is 7.45. The van der Waals surface area contributed by atoms with Crippen LogP contribution in [0, 0.1) is 17.8 Å². The van der Waals surface area contributed by atoms with Crippen molar-refractivity contribution in [3.63, 3.8) is 0 Å². The van der Waals surface area contributed by atoms with Crippen molar-refractivity contribution in [1.29, 1.82) is 0 Å². The van der Waals surface area contributed by atoms with Crippen molar-refractivity contribution in [2.45, 2.75) is 38.7 Å². The molecule has 2 bridgehead atoms. The highest BCUT2D eigenvalue weighted by atomic mass is 19.3. The third-order valence-electron chi connectivity index (χ3n) is 4.71. The Hall–Kier alpha value is -1.65. The average Bonchev–Trinajstić information content (AvgIpc) is 3.02. The summed E-state index contributed by atoms with van der Waals surface area (Å²) >= 11 is 0. The third kappa shape index (κ3) is 3.34. The number of carbonyl (C=O) groups is 1. The van der Waals surface area contributed by atoms with Gasteiger partial charge in [-0.2, -0.15) is 8.78 Å². The molecule has 0 unspecified atom stereocenters. The minimum absolute atomic E-state index is 0.00814. The summed E-state index contributed by atoms with van der Waals surface area (Å²) in [7, 11) is 0. The maximum Gasteiger partial charge on any atom is 0.387 e. The molecule has 0 heterocycles. The lowest BCUT2D eigenvalue weighted by molar-refractivity contribution is -0.117. The number of carbonyl (C=O) groups excluding carboxylic acids is 1. The molecular weight excluding hydrogens is 276 g/mol. The van der Waals surface area contributed by atoms with E-state index in [-0.39, 0.29) is 11.7 Å². The summed E-state index contributed by atoms with van der Waals surface area (Å²) in [5.74, 6) is 1.81. The number of anilines is 1. The van der Waals surface area contributed by atoms with Crippen LogP contribution in [0.3, 0.4) is 0 Å². The van der Waals surface area contributed by atoms with Gasteiger partial charge in [0, 0.05) is 6.42 Å². The Morgan fingerprint density at radius 1 is 1.29 bits per heavy atom. The first-order chi connectivity index (χ1) is 10.1. The van der Waals surface area contributed by atoms with Gasteiger partial charge in [-0.25, -0.2) is 0 Å². The standard InChI is InChI=1S/C16H19F2NO2/c17-16(18)21-14-4-2-1-3-13(14)19-15(20)9-12-8-10-5-6-11(12)7-10/h1-4,10-12,16H,5-9H2,(H,19,20)/t10-,11-,12-/m1/s1. The van der Waals surface area contributed by atoms with Crippen molar-refractivity contribution < 1.29 is 18.3 Å². The molecule has 2 aliphatic carbocycles. The Bertz CT molecular complexity index is 521. The van der Waals surface area contributed by atoms with E-state index in [1.165, 1.54) is 25.3 Å². The lowest BCUT2D eigenvalue weighted by atomic mass is 9.86. The smallest absolute Gasteiger partial charge is 0.387 e. The van der Waals surface area contributed by atoms with Gasteiger partial charge in [0.15, 0.2) is 0 Å². The van der Waals surface area contributed by atoms with Gasteiger partial charge in [0.05, 0.1) is 5.69 Å². The van der Waals surface area contributed by atoms with Crippen LogP contribution in [0.15, 0.2) is 24.3 Å². The number of halogens is 2. The molecule has 1 N–H and O–H groups in total. The first-order valence-corrected chi connectivity index (χ1v) is 7.45. The zero-order valence-corrected chi connectivity index (χ0v) is 11.7. The highest BCUT2D eigenvalue weighted by molar-refractivity contribution is 5.92. The largest absolute Gasteiger partial charge is 0.433 e. The Balaban J connectivity index is 1.60. The fourth-order valence-electron chi connectivity index (χ4n) is 3.83. The van der Waals surface area contributed by atoms with E-state index < -0.39 is 6.61 Å². The van der Waals surface area contributed by atoms with Crippen molar-refractivity contribution in [2.75, 3.05) is 5.32 Å². The molecular formula is C16H19F2NO2. The number of fused-ring (bicyclic) bond motifs is 2. The fourth-order valence-corrected chi connectivity index (χ4v) is 3.83. The van der Waals surface area contributed by atoms with Crippen LogP contribution in [0.5, 0.6) is 5.75 Å². The molecule has 0 radical (unpaired) electrons. The van der Waals surface area contributed by atoms with Gasteiger partial charge in [0.1, 0.15) is 5.75 Å². The van der Waals surface area contributed by atoms with Crippen LogP contribution in [0.2, 0.25) is 0 Å². The number of benzene rings is 1. The van der Waals surface area contributed by atoms with Gasteiger partial charge in [-0.1, -0.05) is 18.6 Å². The molecule has 0 aliphatic heterocycles. The number of para-hydroxylation sites is 2. The van der Waals surface area contributed by atoms with Crippen LogP contribution >= 0.6 is 0 Å². The Morgan fingerprint density at radius 3 is 2.76 bits per heavy atom. The predicted octanol–water partition coefficient (Wildman–Crippen LogP) is 4.05. The van der Waals surface area contributed by atoms with Crippen molar-refractivity contribution in [3.8, 4) is 5.75 Å². The van der Waals surface area contributed by atoms with E-state index in [0.29, 0.717) is 23.9 Å². The molecule has 1 aromatic carbocycles. The number of hydrogen-bond donors (Lipinski definition) is 1. The number of amides is 1. The molecule has 3 nitrogen and oxygen atoms in total. The van der Waals surface area contributed by atoms with E-state index in [1.807, 2.05) is 0 Å². The summed E-state index contributed by atoms with van der Waals surface area (Å²) in [5, 5.41) is 2.70. The average molecular weight is 295 g/mol. The third-order valence-corrected chi connectivity index (χ3v) is 4.71. The van der Waals surface area contributed by atoms with Gasteiger partial charge in [0.2, 0.25) is 5.91 Å². The van der Waals surface area contributed by atoms with Crippen molar-refractivity contribution >= 4 is 11.6 Å². The van der Waals surface area contributed by atoms with Crippen LogP contribution in [0.4, 0.5) is 14.5 Å².